The molecule has 0 atom stereocenters. The summed E-state index contributed by atoms with van der Waals surface area (Å²) in [6, 6.07) is 0.777. The third-order valence-corrected chi connectivity index (χ3v) is 5.62. The first-order valence-corrected chi connectivity index (χ1v) is 7.67. The van der Waals surface area contributed by atoms with Crippen LogP contribution in [0, 0.1) is 11.3 Å². The van der Waals surface area contributed by atoms with Gasteiger partial charge in [0.25, 0.3) is 0 Å². The third kappa shape index (κ3) is 2.68. The number of rotatable bonds is 3. The molecule has 0 radical (unpaired) electrons. The molecule has 0 saturated heterocycles. The number of nitrogens with one attached hydrogen (secondary N) is 1. The van der Waals surface area contributed by atoms with Crippen LogP contribution in [0.25, 0.3) is 0 Å². The molecule has 2 nitrogen and oxygen atoms in total. The van der Waals surface area contributed by atoms with Crippen LogP contribution in [-0.4, -0.2) is 23.8 Å². The van der Waals surface area contributed by atoms with Gasteiger partial charge in [-0.15, -0.1) is 0 Å². The van der Waals surface area contributed by atoms with Crippen molar-refractivity contribution in [1.29, 1.82) is 0 Å². The molecule has 17 heavy (non-hydrogen) atoms. The molecule has 0 aliphatic heterocycles. The lowest BCUT2D eigenvalue weighted by atomic mass is 9.71. The van der Waals surface area contributed by atoms with Crippen molar-refractivity contribution < 1.29 is 5.11 Å². The summed E-state index contributed by atoms with van der Waals surface area (Å²) in [4.78, 5) is 0. The van der Waals surface area contributed by atoms with Gasteiger partial charge in [0, 0.05) is 6.04 Å². The largest absolute Gasteiger partial charge is 0.393 e. The van der Waals surface area contributed by atoms with Gasteiger partial charge in [-0.1, -0.05) is 12.8 Å². The second kappa shape index (κ2) is 4.89. The minimum absolute atomic E-state index is 0.00918. The lowest BCUT2D eigenvalue weighted by Crippen LogP contribution is -2.42. The van der Waals surface area contributed by atoms with Gasteiger partial charge in [0.05, 0.1) is 6.10 Å². The number of aliphatic hydroxyl groups excluding tert-OH is 1. The van der Waals surface area contributed by atoms with E-state index in [0.29, 0.717) is 0 Å². The summed E-state index contributed by atoms with van der Waals surface area (Å²) in [6.45, 7) is 1.15. The van der Waals surface area contributed by atoms with E-state index in [4.69, 9.17) is 0 Å². The molecule has 3 aliphatic rings. The fraction of sp³-hybridized carbons (Fsp3) is 1.00. The molecule has 0 bridgehead atoms. The molecule has 1 spiro atoms. The Labute approximate surface area is 105 Å². The standard InChI is InChI=1S/C15H27NO/c17-14-9-12(10-14)11-16-13-3-7-15(8-4-13)5-1-2-6-15/h12-14,16-17H,1-11H2. The van der Waals surface area contributed by atoms with Crippen molar-refractivity contribution in [1.82, 2.24) is 5.32 Å². The van der Waals surface area contributed by atoms with Gasteiger partial charge in [0.1, 0.15) is 0 Å². The first kappa shape index (κ1) is 12.0. The van der Waals surface area contributed by atoms with Gasteiger partial charge in [-0.05, 0) is 69.2 Å². The maximum Gasteiger partial charge on any atom is 0.0546 e. The molecule has 98 valence electrons. The molecule has 0 aromatic carbocycles. The van der Waals surface area contributed by atoms with Crippen LogP contribution in [-0.2, 0) is 0 Å². The Balaban J connectivity index is 1.37. The van der Waals surface area contributed by atoms with Gasteiger partial charge in [0.2, 0.25) is 0 Å². The van der Waals surface area contributed by atoms with Crippen LogP contribution in [0.4, 0.5) is 0 Å². The van der Waals surface area contributed by atoms with Crippen LogP contribution in [0.2, 0.25) is 0 Å². The van der Waals surface area contributed by atoms with E-state index in [2.05, 4.69) is 5.32 Å². The molecule has 2 heteroatoms. The molecule has 0 unspecified atom stereocenters. The average Bonchev–Trinajstić information content (AvgIpc) is 2.74. The SMILES string of the molecule is OC1CC(CNC2CCC3(CCCC3)CC2)C1. The highest BCUT2D eigenvalue weighted by molar-refractivity contribution is 4.92. The number of hydrogen-bond donors (Lipinski definition) is 2. The van der Waals surface area contributed by atoms with Crippen molar-refractivity contribution in [3.05, 3.63) is 0 Å². The monoisotopic (exact) mass is 237 g/mol. The van der Waals surface area contributed by atoms with Crippen molar-refractivity contribution in [3.8, 4) is 0 Å². The molecule has 3 saturated carbocycles. The fourth-order valence-corrected chi connectivity index (χ4v) is 4.26. The van der Waals surface area contributed by atoms with Crippen molar-refractivity contribution in [2.45, 2.75) is 76.4 Å². The molecule has 3 aliphatic carbocycles. The minimum atomic E-state index is 0.00918. The van der Waals surface area contributed by atoms with Gasteiger partial charge in [-0.2, -0.15) is 0 Å². The first-order valence-electron chi connectivity index (χ1n) is 7.67. The Bertz CT molecular complexity index is 244. The number of hydrogen-bond acceptors (Lipinski definition) is 2. The smallest absolute Gasteiger partial charge is 0.0546 e. The molecular formula is C15H27NO. The van der Waals surface area contributed by atoms with E-state index in [1.165, 1.54) is 51.4 Å². The molecule has 3 rings (SSSR count). The molecular weight excluding hydrogens is 210 g/mol. The first-order chi connectivity index (χ1) is 8.26. The summed E-state index contributed by atoms with van der Waals surface area (Å²) in [6.07, 6.45) is 13.8. The Morgan fingerprint density at radius 1 is 1.00 bits per heavy atom. The zero-order valence-corrected chi connectivity index (χ0v) is 11.0. The van der Waals surface area contributed by atoms with E-state index in [1.807, 2.05) is 0 Å². The fourth-order valence-electron chi connectivity index (χ4n) is 4.26. The topological polar surface area (TPSA) is 32.3 Å². The Kier molecular flexibility index (Phi) is 3.45. The van der Waals surface area contributed by atoms with Gasteiger partial charge in [-0.3, -0.25) is 0 Å². The summed E-state index contributed by atoms with van der Waals surface area (Å²) >= 11 is 0. The van der Waals surface area contributed by atoms with E-state index in [-0.39, 0.29) is 6.10 Å². The van der Waals surface area contributed by atoms with E-state index >= 15 is 0 Å². The Hall–Kier alpha value is -0.0800. The lowest BCUT2D eigenvalue weighted by molar-refractivity contribution is 0.0400. The maximum atomic E-state index is 9.27. The van der Waals surface area contributed by atoms with E-state index in [9.17, 15) is 5.11 Å². The zero-order valence-electron chi connectivity index (χ0n) is 11.0. The number of aliphatic hydroxyl groups is 1. The quantitative estimate of drug-likeness (QED) is 0.791. The molecule has 0 amide bonds. The highest BCUT2D eigenvalue weighted by atomic mass is 16.3. The summed E-state index contributed by atoms with van der Waals surface area (Å²) in [5.41, 5.74) is 0.769. The Morgan fingerprint density at radius 3 is 2.24 bits per heavy atom. The van der Waals surface area contributed by atoms with Gasteiger partial charge < -0.3 is 10.4 Å². The molecule has 2 N–H and O–H groups in total. The van der Waals surface area contributed by atoms with Crippen LogP contribution in [0.3, 0.4) is 0 Å². The molecule has 0 aromatic heterocycles. The van der Waals surface area contributed by atoms with Gasteiger partial charge >= 0.3 is 0 Å². The van der Waals surface area contributed by atoms with Crippen LogP contribution in [0.1, 0.15) is 64.2 Å². The highest BCUT2D eigenvalue weighted by Crippen LogP contribution is 2.48. The van der Waals surface area contributed by atoms with Gasteiger partial charge in [0.15, 0.2) is 0 Å². The second-order valence-electron chi connectivity index (χ2n) is 6.88. The molecule has 0 heterocycles. The maximum absolute atomic E-state index is 9.27. The zero-order chi connectivity index (χ0) is 11.7. The second-order valence-corrected chi connectivity index (χ2v) is 6.88. The third-order valence-electron chi connectivity index (χ3n) is 5.62. The highest BCUT2D eigenvalue weighted by Gasteiger charge is 2.37. The van der Waals surface area contributed by atoms with E-state index in [0.717, 1.165) is 36.8 Å². The van der Waals surface area contributed by atoms with E-state index in [1.54, 1.807) is 0 Å². The van der Waals surface area contributed by atoms with Crippen molar-refractivity contribution >= 4 is 0 Å². The summed E-state index contributed by atoms with van der Waals surface area (Å²) in [5, 5.41) is 13.0. The summed E-state index contributed by atoms with van der Waals surface area (Å²) in [7, 11) is 0. The van der Waals surface area contributed by atoms with E-state index < -0.39 is 0 Å². The molecule has 3 fully saturated rings. The minimum Gasteiger partial charge on any atom is -0.393 e. The van der Waals surface area contributed by atoms with Crippen LogP contribution in [0.5, 0.6) is 0 Å². The van der Waals surface area contributed by atoms with Crippen molar-refractivity contribution in [2.75, 3.05) is 6.54 Å². The van der Waals surface area contributed by atoms with Crippen LogP contribution in [0.15, 0.2) is 0 Å². The lowest BCUT2D eigenvalue weighted by Gasteiger charge is -2.39. The van der Waals surface area contributed by atoms with Crippen molar-refractivity contribution in [3.63, 3.8) is 0 Å². The van der Waals surface area contributed by atoms with Gasteiger partial charge in [-0.25, -0.2) is 0 Å². The average molecular weight is 237 g/mol. The summed E-state index contributed by atoms with van der Waals surface area (Å²) in [5.74, 6) is 0.757. The van der Waals surface area contributed by atoms with Crippen molar-refractivity contribution in [2.24, 2.45) is 11.3 Å². The predicted octanol–water partition coefficient (Wildman–Crippen LogP) is 2.85. The Morgan fingerprint density at radius 2 is 1.65 bits per heavy atom. The normalized spacial score (nSPS) is 37.2. The van der Waals surface area contributed by atoms with Crippen LogP contribution >= 0.6 is 0 Å². The summed E-state index contributed by atoms with van der Waals surface area (Å²) < 4.78 is 0. The van der Waals surface area contributed by atoms with Crippen LogP contribution < -0.4 is 5.32 Å². The predicted molar refractivity (Wildman–Crippen MR) is 69.9 cm³/mol. The molecule has 0 aromatic rings.